The quantitative estimate of drug-likeness (QED) is 0.228. The molecule has 4 atom stereocenters. The zero-order valence-electron chi connectivity index (χ0n) is 21.6. The normalized spacial score (nSPS) is 24.8. The maximum atomic E-state index is 15.9. The van der Waals surface area contributed by atoms with E-state index in [1.165, 1.54) is 18.2 Å². The molecule has 0 spiro atoms. The van der Waals surface area contributed by atoms with Gasteiger partial charge in [-0.25, -0.2) is 26.3 Å². The number of benzene rings is 2. The number of halogens is 6. The van der Waals surface area contributed by atoms with Gasteiger partial charge in [0.15, 0.2) is 24.0 Å². The molecule has 0 aromatic heterocycles. The van der Waals surface area contributed by atoms with Crippen molar-refractivity contribution in [2.24, 2.45) is 5.41 Å². The average molecular weight is 521 g/mol. The molecule has 2 aromatic carbocycles. The van der Waals surface area contributed by atoms with Crippen LogP contribution in [0.4, 0.5) is 26.3 Å². The first-order chi connectivity index (χ1) is 17.6. The Morgan fingerprint density at radius 3 is 2.00 bits per heavy atom. The van der Waals surface area contributed by atoms with Crippen LogP contribution in [0.2, 0.25) is 0 Å². The van der Waals surface area contributed by atoms with Crippen molar-refractivity contribution in [2.45, 2.75) is 90.7 Å². The first-order valence-electron chi connectivity index (χ1n) is 13.3. The standard InChI is InChI=1S/C31H34F6/c1-4-6-7-9-19-10-11-20(27(34)26(19)33)14-16-31(3)17-15-22-21-13-12-18(8-5-2)25(32)23(21)28(35)29(36)24(22)30(31)37/h10-13,15,17,28-30H,4-9,14,16H2,1-3H3. The van der Waals surface area contributed by atoms with E-state index in [1.807, 2.05) is 13.8 Å². The van der Waals surface area contributed by atoms with Gasteiger partial charge >= 0.3 is 0 Å². The van der Waals surface area contributed by atoms with E-state index in [1.54, 1.807) is 25.1 Å². The average Bonchev–Trinajstić information content (AvgIpc) is 2.88. The summed E-state index contributed by atoms with van der Waals surface area (Å²) in [7, 11) is 0. The molecule has 0 nitrogen and oxygen atoms in total. The van der Waals surface area contributed by atoms with Gasteiger partial charge in [0.1, 0.15) is 12.0 Å². The first kappa shape index (κ1) is 27.5. The molecule has 0 saturated heterocycles. The smallest absolute Gasteiger partial charge is 0.164 e. The maximum Gasteiger partial charge on any atom is 0.164 e. The third-order valence-electron chi connectivity index (χ3n) is 7.92. The van der Waals surface area contributed by atoms with Crippen molar-refractivity contribution >= 4 is 5.57 Å². The first-order valence-corrected chi connectivity index (χ1v) is 13.3. The van der Waals surface area contributed by atoms with Gasteiger partial charge in [-0.2, -0.15) is 0 Å². The summed E-state index contributed by atoms with van der Waals surface area (Å²) in [6.45, 7) is 5.46. The summed E-state index contributed by atoms with van der Waals surface area (Å²) < 4.78 is 90.9. The second-order valence-electron chi connectivity index (χ2n) is 10.6. The third kappa shape index (κ3) is 5.00. The highest BCUT2D eigenvalue weighted by molar-refractivity contribution is 5.84. The van der Waals surface area contributed by atoms with Gasteiger partial charge in [-0.05, 0) is 59.9 Å². The molecule has 0 saturated carbocycles. The molecule has 0 fully saturated rings. The number of alkyl halides is 3. The Bertz CT molecular complexity index is 1210. The minimum atomic E-state index is -2.33. The highest BCUT2D eigenvalue weighted by Gasteiger charge is 2.48. The summed E-state index contributed by atoms with van der Waals surface area (Å²) in [6.07, 6.45) is 0.804. The maximum absolute atomic E-state index is 15.9. The van der Waals surface area contributed by atoms with Gasteiger partial charge in [0.05, 0.1) is 0 Å². The Morgan fingerprint density at radius 2 is 1.35 bits per heavy atom. The van der Waals surface area contributed by atoms with E-state index in [2.05, 4.69) is 0 Å². The van der Waals surface area contributed by atoms with Crippen molar-refractivity contribution in [2.75, 3.05) is 0 Å². The van der Waals surface area contributed by atoms with Gasteiger partial charge in [0.2, 0.25) is 0 Å². The number of allylic oxidation sites excluding steroid dienone is 4. The molecule has 2 aromatic rings. The lowest BCUT2D eigenvalue weighted by molar-refractivity contribution is 0.129. The van der Waals surface area contributed by atoms with Crippen LogP contribution in [0.15, 0.2) is 42.0 Å². The van der Waals surface area contributed by atoms with Crippen LogP contribution in [-0.2, 0) is 19.3 Å². The molecular formula is C31H34F6. The number of hydrogen-bond donors (Lipinski definition) is 0. The van der Waals surface area contributed by atoms with Crippen LogP contribution < -0.4 is 0 Å². The fraction of sp³-hybridized carbons (Fsp3) is 0.484. The van der Waals surface area contributed by atoms with Gasteiger partial charge in [0.25, 0.3) is 0 Å². The number of unbranched alkanes of at least 4 members (excludes halogenated alkanes) is 2. The lowest BCUT2D eigenvalue weighted by atomic mass is 9.67. The summed E-state index contributed by atoms with van der Waals surface area (Å²) in [4.78, 5) is 0. The molecule has 0 N–H and O–H groups in total. The summed E-state index contributed by atoms with van der Waals surface area (Å²) in [5.41, 5.74) is -0.867. The van der Waals surface area contributed by atoms with Crippen LogP contribution in [0.3, 0.4) is 0 Å². The lowest BCUT2D eigenvalue weighted by Crippen LogP contribution is -2.38. The molecule has 200 valence electrons. The van der Waals surface area contributed by atoms with Gasteiger partial charge < -0.3 is 0 Å². The molecule has 0 radical (unpaired) electrons. The van der Waals surface area contributed by atoms with Crippen molar-refractivity contribution in [3.63, 3.8) is 0 Å². The number of fused-ring (bicyclic) bond motifs is 2. The molecule has 0 amide bonds. The molecule has 37 heavy (non-hydrogen) atoms. The number of hydrogen-bond acceptors (Lipinski definition) is 0. The van der Waals surface area contributed by atoms with Crippen LogP contribution in [0.25, 0.3) is 5.57 Å². The van der Waals surface area contributed by atoms with Crippen LogP contribution in [0.5, 0.6) is 0 Å². The van der Waals surface area contributed by atoms with Crippen molar-refractivity contribution in [3.8, 4) is 0 Å². The van der Waals surface area contributed by atoms with Crippen LogP contribution in [0.1, 0.15) is 86.9 Å². The number of aryl methyl sites for hydroxylation is 3. The van der Waals surface area contributed by atoms with Crippen molar-refractivity contribution in [1.82, 2.24) is 0 Å². The molecule has 2 aliphatic carbocycles. The van der Waals surface area contributed by atoms with Crippen LogP contribution >= 0.6 is 0 Å². The summed E-state index contributed by atoms with van der Waals surface area (Å²) >= 11 is 0. The molecule has 0 heterocycles. The fourth-order valence-corrected chi connectivity index (χ4v) is 5.58. The minimum absolute atomic E-state index is 0.0312. The zero-order valence-corrected chi connectivity index (χ0v) is 21.6. The Morgan fingerprint density at radius 1 is 0.730 bits per heavy atom. The zero-order chi connectivity index (χ0) is 26.9. The Kier molecular flexibility index (Phi) is 8.25. The predicted octanol–water partition coefficient (Wildman–Crippen LogP) is 9.45. The van der Waals surface area contributed by atoms with Gasteiger partial charge in [0, 0.05) is 16.6 Å². The summed E-state index contributed by atoms with van der Waals surface area (Å²) in [5.74, 6) is -2.59. The second-order valence-corrected chi connectivity index (χ2v) is 10.6. The molecule has 0 aliphatic heterocycles. The van der Waals surface area contributed by atoms with E-state index < -0.39 is 41.4 Å². The summed E-state index contributed by atoms with van der Waals surface area (Å²) in [5, 5.41) is 0. The van der Waals surface area contributed by atoms with E-state index in [0.29, 0.717) is 30.4 Å². The van der Waals surface area contributed by atoms with E-state index in [9.17, 15) is 8.78 Å². The largest absolute Gasteiger partial charge is 0.242 e. The van der Waals surface area contributed by atoms with Gasteiger partial charge in [-0.15, -0.1) is 0 Å². The minimum Gasteiger partial charge on any atom is -0.242 e. The third-order valence-corrected chi connectivity index (χ3v) is 7.92. The fourth-order valence-electron chi connectivity index (χ4n) is 5.58. The second kappa shape index (κ2) is 11.1. The topological polar surface area (TPSA) is 0 Å². The van der Waals surface area contributed by atoms with Crippen LogP contribution in [0, 0.1) is 22.9 Å². The molecule has 4 rings (SSSR count). The predicted molar refractivity (Wildman–Crippen MR) is 136 cm³/mol. The highest BCUT2D eigenvalue weighted by atomic mass is 19.2. The van der Waals surface area contributed by atoms with E-state index in [-0.39, 0.29) is 40.7 Å². The van der Waals surface area contributed by atoms with Gasteiger partial charge in [-0.3, -0.25) is 0 Å². The SMILES string of the molecule is CCCCCc1ccc(CCC2(C)C=CC3=C(C(F)C(F)c4c3ccc(CCC)c4F)C2F)c(F)c1F. The Hall–Kier alpha value is -2.50. The van der Waals surface area contributed by atoms with Crippen molar-refractivity contribution < 1.29 is 26.3 Å². The Labute approximate surface area is 215 Å². The van der Waals surface area contributed by atoms with E-state index >= 15 is 17.6 Å². The molecular weight excluding hydrogens is 486 g/mol. The monoisotopic (exact) mass is 520 g/mol. The molecule has 2 aliphatic rings. The lowest BCUT2D eigenvalue weighted by Gasteiger charge is -2.40. The van der Waals surface area contributed by atoms with Crippen LogP contribution in [-0.4, -0.2) is 12.3 Å². The highest BCUT2D eigenvalue weighted by Crippen LogP contribution is 2.52. The van der Waals surface area contributed by atoms with Crippen molar-refractivity contribution in [1.29, 1.82) is 0 Å². The van der Waals surface area contributed by atoms with E-state index in [4.69, 9.17) is 0 Å². The van der Waals surface area contributed by atoms with Gasteiger partial charge in [-0.1, -0.05) is 76.5 Å². The molecule has 6 heteroatoms. The van der Waals surface area contributed by atoms with Crippen molar-refractivity contribution in [3.05, 3.63) is 87.3 Å². The molecule has 0 bridgehead atoms. The number of rotatable bonds is 9. The Balaban J connectivity index is 1.59. The molecule has 4 unspecified atom stereocenters. The summed E-state index contributed by atoms with van der Waals surface area (Å²) in [6, 6.07) is 6.18. The van der Waals surface area contributed by atoms with E-state index in [0.717, 1.165) is 19.3 Å².